The molecule has 0 aliphatic carbocycles. The molecule has 0 aromatic carbocycles. The fourth-order valence-corrected chi connectivity index (χ4v) is 2.48. The zero-order chi connectivity index (χ0) is 12.3. The lowest BCUT2D eigenvalue weighted by atomic mass is 10.1. The maximum atomic E-state index is 11.9. The van der Waals surface area contributed by atoms with Gasteiger partial charge < -0.3 is 14.7 Å². The first-order valence-electron chi connectivity index (χ1n) is 6.29. The van der Waals surface area contributed by atoms with Crippen LogP contribution in [0.2, 0.25) is 0 Å². The summed E-state index contributed by atoms with van der Waals surface area (Å²) in [6, 6.07) is 0. The van der Waals surface area contributed by atoms with Crippen LogP contribution in [-0.2, 0) is 14.3 Å². The van der Waals surface area contributed by atoms with Crippen molar-refractivity contribution in [3.63, 3.8) is 0 Å². The molecule has 1 N–H and O–H groups in total. The van der Waals surface area contributed by atoms with Gasteiger partial charge in [0.2, 0.25) is 5.91 Å². The fraction of sp³-hybridized carbons (Fsp3) is 0.833. The molecule has 2 fully saturated rings. The van der Waals surface area contributed by atoms with E-state index in [1.165, 1.54) is 0 Å². The van der Waals surface area contributed by atoms with Crippen molar-refractivity contribution >= 4 is 11.9 Å². The van der Waals surface area contributed by atoms with E-state index < -0.39 is 5.97 Å². The van der Waals surface area contributed by atoms with Crippen LogP contribution in [0.5, 0.6) is 0 Å². The molecular formula is C12H19NO4. The molecule has 0 aromatic heterocycles. The van der Waals surface area contributed by atoms with E-state index in [-0.39, 0.29) is 17.9 Å². The second-order valence-corrected chi connectivity index (χ2v) is 4.86. The van der Waals surface area contributed by atoms with Crippen LogP contribution in [0.3, 0.4) is 0 Å². The molecule has 2 saturated heterocycles. The molecule has 5 heteroatoms. The zero-order valence-electron chi connectivity index (χ0n) is 9.93. The Morgan fingerprint density at radius 3 is 2.71 bits per heavy atom. The summed E-state index contributed by atoms with van der Waals surface area (Å²) in [7, 11) is 0. The van der Waals surface area contributed by atoms with Gasteiger partial charge in [-0.15, -0.1) is 0 Å². The number of likely N-dealkylation sites (tertiary alicyclic amines) is 1. The molecule has 2 unspecified atom stereocenters. The number of amides is 1. The number of carboxylic acid groups (broad SMARTS) is 1. The van der Waals surface area contributed by atoms with Crippen molar-refractivity contribution in [2.75, 3.05) is 19.7 Å². The fourth-order valence-electron chi connectivity index (χ4n) is 2.48. The van der Waals surface area contributed by atoms with Gasteiger partial charge in [-0.05, 0) is 25.7 Å². The van der Waals surface area contributed by atoms with Crippen molar-refractivity contribution in [2.45, 2.75) is 38.2 Å². The third-order valence-corrected chi connectivity index (χ3v) is 3.57. The van der Waals surface area contributed by atoms with E-state index in [0.717, 1.165) is 25.9 Å². The molecule has 0 aromatic rings. The van der Waals surface area contributed by atoms with E-state index in [4.69, 9.17) is 9.84 Å². The van der Waals surface area contributed by atoms with Crippen LogP contribution in [0.1, 0.15) is 32.1 Å². The van der Waals surface area contributed by atoms with E-state index in [1.54, 1.807) is 4.90 Å². The Morgan fingerprint density at radius 2 is 2.12 bits per heavy atom. The zero-order valence-corrected chi connectivity index (χ0v) is 9.93. The van der Waals surface area contributed by atoms with E-state index in [9.17, 15) is 9.59 Å². The second-order valence-electron chi connectivity index (χ2n) is 4.86. The van der Waals surface area contributed by atoms with Gasteiger partial charge in [-0.2, -0.15) is 0 Å². The molecule has 0 spiro atoms. The Labute approximate surface area is 101 Å². The van der Waals surface area contributed by atoms with Crippen molar-refractivity contribution < 1.29 is 19.4 Å². The highest BCUT2D eigenvalue weighted by Crippen LogP contribution is 2.20. The molecule has 2 atom stereocenters. The average molecular weight is 241 g/mol. The number of nitrogens with zero attached hydrogens (tertiary/aromatic N) is 1. The normalized spacial score (nSPS) is 29.3. The molecule has 17 heavy (non-hydrogen) atoms. The van der Waals surface area contributed by atoms with Crippen molar-refractivity contribution in [1.29, 1.82) is 0 Å². The quantitative estimate of drug-likeness (QED) is 0.796. The summed E-state index contributed by atoms with van der Waals surface area (Å²) in [6.07, 6.45) is 4.17. The molecule has 2 aliphatic rings. The van der Waals surface area contributed by atoms with Crippen molar-refractivity contribution in [1.82, 2.24) is 4.90 Å². The lowest BCUT2D eigenvalue weighted by molar-refractivity contribution is -0.141. The highest BCUT2D eigenvalue weighted by Gasteiger charge is 2.31. The number of carboxylic acids is 1. The van der Waals surface area contributed by atoms with Gasteiger partial charge in [-0.1, -0.05) is 0 Å². The van der Waals surface area contributed by atoms with Crippen molar-refractivity contribution in [3.8, 4) is 0 Å². The van der Waals surface area contributed by atoms with Crippen LogP contribution in [0.15, 0.2) is 0 Å². The Hall–Kier alpha value is -1.10. The van der Waals surface area contributed by atoms with Gasteiger partial charge in [0.25, 0.3) is 0 Å². The maximum Gasteiger partial charge on any atom is 0.308 e. The Kier molecular flexibility index (Phi) is 3.99. The van der Waals surface area contributed by atoms with E-state index in [0.29, 0.717) is 25.9 Å². The Balaban J connectivity index is 1.78. The smallest absolute Gasteiger partial charge is 0.308 e. The summed E-state index contributed by atoms with van der Waals surface area (Å²) in [4.78, 5) is 24.4. The molecule has 1 amide bonds. The summed E-state index contributed by atoms with van der Waals surface area (Å²) in [5.41, 5.74) is 0. The third-order valence-electron chi connectivity index (χ3n) is 3.57. The van der Waals surface area contributed by atoms with Crippen LogP contribution in [0.4, 0.5) is 0 Å². The van der Waals surface area contributed by atoms with Crippen LogP contribution < -0.4 is 0 Å². The van der Waals surface area contributed by atoms with Crippen molar-refractivity contribution in [2.24, 2.45) is 5.92 Å². The monoisotopic (exact) mass is 241 g/mol. The largest absolute Gasteiger partial charge is 0.481 e. The Morgan fingerprint density at radius 1 is 1.29 bits per heavy atom. The first-order chi connectivity index (χ1) is 8.16. The first kappa shape index (κ1) is 12.4. The number of carbonyl (C=O) groups excluding carboxylic acids is 1. The maximum absolute atomic E-state index is 11.9. The molecule has 2 rings (SSSR count). The van der Waals surface area contributed by atoms with Crippen molar-refractivity contribution in [3.05, 3.63) is 0 Å². The van der Waals surface area contributed by atoms with Crippen LogP contribution in [0.25, 0.3) is 0 Å². The minimum absolute atomic E-state index is 0.0418. The van der Waals surface area contributed by atoms with Gasteiger partial charge in [0.1, 0.15) is 0 Å². The first-order valence-corrected chi connectivity index (χ1v) is 6.29. The molecule has 96 valence electrons. The van der Waals surface area contributed by atoms with Crippen LogP contribution >= 0.6 is 0 Å². The number of hydrogen-bond acceptors (Lipinski definition) is 3. The summed E-state index contributed by atoms with van der Waals surface area (Å²) >= 11 is 0. The predicted octanol–water partition coefficient (Wildman–Crippen LogP) is 0.879. The predicted molar refractivity (Wildman–Crippen MR) is 60.5 cm³/mol. The minimum atomic E-state index is -0.797. The lowest BCUT2D eigenvalue weighted by Gasteiger charge is -2.24. The summed E-state index contributed by atoms with van der Waals surface area (Å²) in [5.74, 6) is -1.14. The molecule has 0 bridgehead atoms. The van der Waals surface area contributed by atoms with Crippen LogP contribution in [0, 0.1) is 5.92 Å². The number of ether oxygens (including phenoxy) is 1. The summed E-state index contributed by atoms with van der Waals surface area (Å²) in [6.45, 7) is 1.68. The molecular weight excluding hydrogens is 222 g/mol. The van der Waals surface area contributed by atoms with Gasteiger partial charge >= 0.3 is 5.97 Å². The molecule has 2 aliphatic heterocycles. The van der Waals surface area contributed by atoms with Gasteiger partial charge in [0.05, 0.1) is 18.4 Å². The van der Waals surface area contributed by atoms with E-state index in [2.05, 4.69) is 0 Å². The topological polar surface area (TPSA) is 66.8 Å². The van der Waals surface area contributed by atoms with Gasteiger partial charge in [-0.25, -0.2) is 0 Å². The average Bonchev–Trinajstić information content (AvgIpc) is 2.79. The number of hydrogen-bond donors (Lipinski definition) is 1. The second kappa shape index (κ2) is 5.49. The number of rotatable bonds is 3. The van der Waals surface area contributed by atoms with E-state index >= 15 is 0 Å². The van der Waals surface area contributed by atoms with Gasteiger partial charge in [0.15, 0.2) is 0 Å². The molecule has 0 saturated carbocycles. The lowest BCUT2D eigenvalue weighted by Crippen LogP contribution is -2.34. The highest BCUT2D eigenvalue weighted by molar-refractivity contribution is 5.79. The molecule has 5 nitrogen and oxygen atoms in total. The minimum Gasteiger partial charge on any atom is -0.481 e. The molecule has 0 radical (unpaired) electrons. The molecule has 2 heterocycles. The standard InChI is InChI=1S/C12H19NO4/c14-11(7-10-3-1-2-6-17-10)13-5-4-9(8-13)12(15)16/h9-10H,1-8H2,(H,15,16). The summed E-state index contributed by atoms with van der Waals surface area (Å²) in [5, 5.41) is 8.87. The number of carbonyl (C=O) groups is 2. The SMILES string of the molecule is O=C(O)C1CCN(C(=O)CC2CCCCO2)C1. The summed E-state index contributed by atoms with van der Waals surface area (Å²) < 4.78 is 5.52. The third kappa shape index (κ3) is 3.19. The highest BCUT2D eigenvalue weighted by atomic mass is 16.5. The van der Waals surface area contributed by atoms with E-state index in [1.807, 2.05) is 0 Å². The Bertz CT molecular complexity index is 299. The van der Waals surface area contributed by atoms with Crippen LogP contribution in [-0.4, -0.2) is 47.7 Å². The van der Waals surface area contributed by atoms with Gasteiger partial charge in [-0.3, -0.25) is 9.59 Å². The van der Waals surface area contributed by atoms with Gasteiger partial charge in [0, 0.05) is 19.7 Å². The number of aliphatic carboxylic acids is 1.